The van der Waals surface area contributed by atoms with Crippen LogP contribution in [0.25, 0.3) is 0 Å². The molecule has 0 unspecified atom stereocenters. The quantitative estimate of drug-likeness (QED) is 0.446. The Morgan fingerprint density at radius 2 is 1.80 bits per heavy atom. The molecule has 1 rings (SSSR count). The van der Waals surface area contributed by atoms with Gasteiger partial charge < -0.3 is 0 Å². The second-order valence-corrected chi connectivity index (χ2v) is 3.87. The van der Waals surface area contributed by atoms with Gasteiger partial charge >= 0.3 is 29.6 Å². The molecule has 0 aliphatic carbocycles. The van der Waals surface area contributed by atoms with Gasteiger partial charge in [-0.1, -0.05) is 39.0 Å². The normalized spacial score (nSPS) is 10.0. The molecule has 0 fully saturated rings. The second kappa shape index (κ2) is 9.63. The number of hydrogen-bond acceptors (Lipinski definition) is 4. The number of thiol groups is 1. The van der Waals surface area contributed by atoms with Crippen molar-refractivity contribution < 1.29 is 0 Å². The van der Waals surface area contributed by atoms with Crippen molar-refractivity contribution in [3.8, 4) is 0 Å². The first-order valence-electron chi connectivity index (χ1n) is 5.29. The molecule has 0 radical (unpaired) electrons. The molecule has 0 aromatic carbocycles. The third kappa shape index (κ3) is 6.56. The van der Waals surface area contributed by atoms with Crippen LogP contribution < -0.4 is 0 Å². The molecule has 15 heavy (non-hydrogen) atoms. The molecule has 0 atom stereocenters. The van der Waals surface area contributed by atoms with Crippen LogP contribution in [0.2, 0.25) is 0 Å². The van der Waals surface area contributed by atoms with Gasteiger partial charge in [0.2, 0.25) is 5.16 Å². The topological polar surface area (TPSA) is 43.6 Å². The Bertz CT molecular complexity index is 254. The number of unbranched alkanes of at least 4 members (excludes halogenated alkanes) is 5. The third-order valence-electron chi connectivity index (χ3n) is 2.24. The number of aromatic nitrogens is 4. The molecule has 0 aliphatic heterocycles. The van der Waals surface area contributed by atoms with Crippen molar-refractivity contribution >= 4 is 42.2 Å². The van der Waals surface area contributed by atoms with E-state index in [4.69, 9.17) is 0 Å². The van der Waals surface area contributed by atoms with Gasteiger partial charge in [0.1, 0.15) is 0 Å². The van der Waals surface area contributed by atoms with Gasteiger partial charge in [-0.3, -0.25) is 0 Å². The molecule has 0 saturated heterocycles. The third-order valence-corrected chi connectivity index (χ3v) is 2.56. The van der Waals surface area contributed by atoms with Gasteiger partial charge in [-0.25, -0.2) is 4.68 Å². The van der Waals surface area contributed by atoms with Crippen LogP contribution in [-0.2, 0) is 6.54 Å². The van der Waals surface area contributed by atoms with E-state index in [1.807, 2.05) is 0 Å². The Morgan fingerprint density at radius 1 is 1.13 bits per heavy atom. The standard InChI is InChI=1S/C9H18N4S.Na.H/c1-2-3-4-5-6-7-8-13-9(14)10-11-12-13;;/h2-8H2,1H3,(H,10,12,14);;. The van der Waals surface area contributed by atoms with Crippen LogP contribution in [-0.4, -0.2) is 49.8 Å². The van der Waals surface area contributed by atoms with E-state index in [2.05, 4.69) is 35.1 Å². The van der Waals surface area contributed by atoms with E-state index in [0.29, 0.717) is 5.16 Å². The van der Waals surface area contributed by atoms with Crippen LogP contribution in [0.3, 0.4) is 0 Å². The fourth-order valence-corrected chi connectivity index (χ4v) is 1.57. The molecular formula is C9H19N4NaS. The summed E-state index contributed by atoms with van der Waals surface area (Å²) in [6, 6.07) is 0. The van der Waals surface area contributed by atoms with E-state index < -0.39 is 0 Å². The van der Waals surface area contributed by atoms with Crippen molar-refractivity contribution in [1.82, 2.24) is 20.2 Å². The maximum atomic E-state index is 4.13. The van der Waals surface area contributed by atoms with E-state index in [1.165, 1.54) is 32.1 Å². The van der Waals surface area contributed by atoms with Crippen molar-refractivity contribution in [3.63, 3.8) is 0 Å². The van der Waals surface area contributed by atoms with Crippen molar-refractivity contribution in [1.29, 1.82) is 0 Å². The Kier molecular flexibility index (Phi) is 9.90. The minimum absolute atomic E-state index is 0. The van der Waals surface area contributed by atoms with Crippen molar-refractivity contribution in [2.75, 3.05) is 0 Å². The predicted octanol–water partition coefficient (Wildman–Crippen LogP) is 1.67. The summed E-state index contributed by atoms with van der Waals surface area (Å²) in [6.45, 7) is 3.12. The molecular weight excluding hydrogens is 219 g/mol. The van der Waals surface area contributed by atoms with Gasteiger partial charge in [-0.05, 0) is 16.8 Å². The number of tetrazole rings is 1. The van der Waals surface area contributed by atoms with Gasteiger partial charge in [-0.2, -0.15) is 0 Å². The first-order chi connectivity index (χ1) is 6.84. The van der Waals surface area contributed by atoms with E-state index in [-0.39, 0.29) is 29.6 Å². The molecule has 4 nitrogen and oxygen atoms in total. The number of hydrogen-bond donors (Lipinski definition) is 1. The van der Waals surface area contributed by atoms with Gasteiger partial charge in [0, 0.05) is 6.54 Å². The van der Waals surface area contributed by atoms with Crippen LogP contribution in [0.5, 0.6) is 0 Å². The molecule has 0 spiro atoms. The van der Waals surface area contributed by atoms with Crippen LogP contribution in [0.4, 0.5) is 0 Å². The zero-order valence-electron chi connectivity index (χ0n) is 8.69. The molecule has 0 bridgehead atoms. The maximum absolute atomic E-state index is 4.13. The second-order valence-electron chi connectivity index (χ2n) is 3.47. The van der Waals surface area contributed by atoms with Gasteiger partial charge in [-0.15, -0.1) is 17.7 Å². The summed E-state index contributed by atoms with van der Waals surface area (Å²) in [5.41, 5.74) is 0. The number of rotatable bonds is 7. The zero-order chi connectivity index (χ0) is 10.2. The van der Waals surface area contributed by atoms with E-state index >= 15 is 0 Å². The molecule has 0 saturated carbocycles. The van der Waals surface area contributed by atoms with Crippen LogP contribution in [0.15, 0.2) is 5.16 Å². The summed E-state index contributed by atoms with van der Waals surface area (Å²) in [4.78, 5) is 0. The van der Waals surface area contributed by atoms with Gasteiger partial charge in [0.05, 0.1) is 0 Å². The molecule has 6 heteroatoms. The molecule has 1 aromatic heterocycles. The molecule has 1 aromatic rings. The van der Waals surface area contributed by atoms with E-state index in [1.54, 1.807) is 4.68 Å². The molecule has 82 valence electrons. The summed E-state index contributed by atoms with van der Waals surface area (Å²) in [5.74, 6) is 0. The summed E-state index contributed by atoms with van der Waals surface area (Å²) in [6.07, 6.45) is 7.71. The van der Waals surface area contributed by atoms with Gasteiger partial charge in [0.15, 0.2) is 0 Å². The minimum atomic E-state index is 0. The van der Waals surface area contributed by atoms with Crippen molar-refractivity contribution in [2.45, 2.75) is 57.1 Å². The molecule has 1 heterocycles. The summed E-state index contributed by atoms with van der Waals surface area (Å²) < 4.78 is 1.74. The van der Waals surface area contributed by atoms with E-state index in [0.717, 1.165) is 13.0 Å². The number of aryl methyl sites for hydroxylation is 1. The Hall–Kier alpha value is 0.420. The fraction of sp³-hybridized carbons (Fsp3) is 0.889. The monoisotopic (exact) mass is 238 g/mol. The molecule has 0 aliphatic rings. The molecule has 0 amide bonds. The van der Waals surface area contributed by atoms with Gasteiger partial charge in [0.25, 0.3) is 0 Å². The zero-order valence-corrected chi connectivity index (χ0v) is 9.58. The van der Waals surface area contributed by atoms with Crippen LogP contribution in [0, 0.1) is 0 Å². The Balaban J connectivity index is 0.00000196. The Morgan fingerprint density at radius 3 is 2.40 bits per heavy atom. The summed E-state index contributed by atoms with van der Waals surface area (Å²) >= 11 is 4.13. The van der Waals surface area contributed by atoms with Crippen LogP contribution in [0.1, 0.15) is 45.4 Å². The average molecular weight is 238 g/mol. The first-order valence-corrected chi connectivity index (χ1v) is 5.74. The number of nitrogens with zero attached hydrogens (tertiary/aromatic N) is 4. The molecule has 0 N–H and O–H groups in total. The first kappa shape index (κ1) is 15.4. The van der Waals surface area contributed by atoms with Crippen molar-refractivity contribution in [2.24, 2.45) is 0 Å². The van der Waals surface area contributed by atoms with Crippen LogP contribution >= 0.6 is 12.6 Å². The van der Waals surface area contributed by atoms with E-state index in [9.17, 15) is 0 Å². The Labute approximate surface area is 119 Å². The summed E-state index contributed by atoms with van der Waals surface area (Å²) in [5, 5.41) is 11.7. The SMILES string of the molecule is CCCCCCCCn1nnnc1S.[NaH]. The average Bonchev–Trinajstić information content (AvgIpc) is 2.58. The predicted molar refractivity (Wildman–Crippen MR) is 65.6 cm³/mol. The summed E-state index contributed by atoms with van der Waals surface area (Å²) in [7, 11) is 0. The fourth-order valence-electron chi connectivity index (χ4n) is 1.39. The van der Waals surface area contributed by atoms with Crippen molar-refractivity contribution in [3.05, 3.63) is 0 Å².